The highest BCUT2D eigenvalue weighted by Gasteiger charge is 2.35. The molecule has 0 saturated heterocycles. The van der Waals surface area contributed by atoms with Gasteiger partial charge in [0.05, 0.1) is 16.9 Å². The van der Waals surface area contributed by atoms with Gasteiger partial charge in [0, 0.05) is 13.0 Å². The highest BCUT2D eigenvalue weighted by Crippen LogP contribution is 2.34. The summed E-state index contributed by atoms with van der Waals surface area (Å²) in [6, 6.07) is 0.953. The van der Waals surface area contributed by atoms with Crippen molar-refractivity contribution in [3.8, 4) is 0 Å². The first-order valence-electron chi connectivity index (χ1n) is 4.75. The summed E-state index contributed by atoms with van der Waals surface area (Å²) >= 11 is 0. The second kappa shape index (κ2) is 3.47. The highest BCUT2D eigenvalue weighted by molar-refractivity contribution is 6.01. The molecule has 0 unspecified atom stereocenters. The molecule has 2 rings (SSSR count). The van der Waals surface area contributed by atoms with Crippen molar-refractivity contribution >= 4 is 11.5 Å². The number of pyridine rings is 1. The normalized spacial score (nSPS) is 15.6. The van der Waals surface area contributed by atoms with E-state index in [-0.39, 0.29) is 29.3 Å². The molecule has 1 aromatic heterocycles. The van der Waals surface area contributed by atoms with Gasteiger partial charge in [-0.25, -0.2) is 4.98 Å². The standard InChI is InChI=1S/C10H9F3N2O/c1-5-6(10(11,12)13)4-7-9(15-5)8(16)2-3-14-7/h4,14H,2-3H2,1H3. The minimum Gasteiger partial charge on any atom is -0.383 e. The molecular formula is C10H9F3N2O. The molecule has 6 heteroatoms. The Bertz CT molecular complexity index is 454. The molecule has 0 amide bonds. The predicted octanol–water partition coefficient (Wildman–Crippen LogP) is 2.41. The number of anilines is 1. The summed E-state index contributed by atoms with van der Waals surface area (Å²) in [4.78, 5) is 15.1. The number of Topliss-reactive ketones (excluding diaryl/α,β-unsaturated/α-hetero) is 1. The van der Waals surface area contributed by atoms with Crippen LogP contribution >= 0.6 is 0 Å². The molecule has 0 fully saturated rings. The smallest absolute Gasteiger partial charge is 0.383 e. The minimum atomic E-state index is -4.44. The number of aromatic nitrogens is 1. The molecular weight excluding hydrogens is 221 g/mol. The zero-order valence-corrected chi connectivity index (χ0v) is 8.48. The maximum absolute atomic E-state index is 12.6. The second-order valence-electron chi connectivity index (χ2n) is 3.62. The zero-order chi connectivity index (χ0) is 11.9. The number of carbonyl (C=O) groups is 1. The fourth-order valence-corrected chi connectivity index (χ4v) is 1.67. The SMILES string of the molecule is Cc1nc2c(cc1C(F)(F)F)NCCC2=O. The topological polar surface area (TPSA) is 42.0 Å². The fourth-order valence-electron chi connectivity index (χ4n) is 1.67. The van der Waals surface area contributed by atoms with Crippen LogP contribution in [0.4, 0.5) is 18.9 Å². The van der Waals surface area contributed by atoms with Crippen LogP contribution in [0.15, 0.2) is 6.07 Å². The number of fused-ring (bicyclic) bond motifs is 1. The van der Waals surface area contributed by atoms with Gasteiger partial charge in [0.1, 0.15) is 5.69 Å². The number of ketones is 1. The van der Waals surface area contributed by atoms with Crippen molar-refractivity contribution in [1.29, 1.82) is 0 Å². The third-order valence-corrected chi connectivity index (χ3v) is 2.45. The third kappa shape index (κ3) is 1.75. The minimum absolute atomic E-state index is 0.108. The molecule has 0 radical (unpaired) electrons. The van der Waals surface area contributed by atoms with E-state index >= 15 is 0 Å². The molecule has 16 heavy (non-hydrogen) atoms. The van der Waals surface area contributed by atoms with Crippen molar-refractivity contribution in [3.63, 3.8) is 0 Å². The Balaban J connectivity index is 2.57. The number of nitrogens with one attached hydrogen (secondary N) is 1. The Morgan fingerprint density at radius 3 is 2.75 bits per heavy atom. The zero-order valence-electron chi connectivity index (χ0n) is 8.48. The Morgan fingerprint density at radius 1 is 1.44 bits per heavy atom. The Morgan fingerprint density at radius 2 is 2.12 bits per heavy atom. The lowest BCUT2D eigenvalue weighted by Crippen LogP contribution is -2.22. The van der Waals surface area contributed by atoms with E-state index in [4.69, 9.17) is 0 Å². The van der Waals surface area contributed by atoms with Crippen LogP contribution in [0.2, 0.25) is 0 Å². The van der Waals surface area contributed by atoms with Gasteiger partial charge >= 0.3 is 6.18 Å². The first kappa shape index (κ1) is 10.9. The molecule has 1 aliphatic rings. The van der Waals surface area contributed by atoms with Gasteiger partial charge in [-0.2, -0.15) is 13.2 Å². The Kier molecular flexibility index (Phi) is 2.36. The maximum Gasteiger partial charge on any atom is 0.418 e. The number of aryl methyl sites for hydroxylation is 1. The van der Waals surface area contributed by atoms with Crippen molar-refractivity contribution in [1.82, 2.24) is 4.98 Å². The van der Waals surface area contributed by atoms with Crippen LogP contribution in [-0.4, -0.2) is 17.3 Å². The van der Waals surface area contributed by atoms with Crippen molar-refractivity contribution in [2.45, 2.75) is 19.5 Å². The second-order valence-corrected chi connectivity index (χ2v) is 3.62. The molecule has 0 bridgehead atoms. The molecule has 0 aromatic carbocycles. The van der Waals surface area contributed by atoms with Gasteiger partial charge in [-0.05, 0) is 13.0 Å². The molecule has 0 aliphatic carbocycles. The monoisotopic (exact) mass is 230 g/mol. The quantitative estimate of drug-likeness (QED) is 0.744. The molecule has 2 heterocycles. The van der Waals surface area contributed by atoms with E-state index in [0.29, 0.717) is 6.54 Å². The fraction of sp³-hybridized carbons (Fsp3) is 0.400. The van der Waals surface area contributed by atoms with E-state index < -0.39 is 11.7 Å². The van der Waals surface area contributed by atoms with E-state index in [0.717, 1.165) is 6.07 Å². The summed E-state index contributed by atoms with van der Waals surface area (Å²) in [6.07, 6.45) is -4.17. The van der Waals surface area contributed by atoms with Gasteiger partial charge < -0.3 is 5.32 Å². The number of carbonyl (C=O) groups excluding carboxylic acids is 1. The molecule has 3 nitrogen and oxygen atoms in total. The van der Waals surface area contributed by atoms with E-state index in [9.17, 15) is 18.0 Å². The molecule has 0 saturated carbocycles. The van der Waals surface area contributed by atoms with Gasteiger partial charge in [-0.15, -0.1) is 0 Å². The lowest BCUT2D eigenvalue weighted by Gasteiger charge is -2.19. The van der Waals surface area contributed by atoms with Crippen LogP contribution in [0.5, 0.6) is 0 Å². The van der Waals surface area contributed by atoms with E-state index in [1.54, 1.807) is 0 Å². The Hall–Kier alpha value is -1.59. The van der Waals surface area contributed by atoms with E-state index in [1.165, 1.54) is 6.92 Å². The van der Waals surface area contributed by atoms with E-state index in [2.05, 4.69) is 10.3 Å². The lowest BCUT2D eigenvalue weighted by molar-refractivity contribution is -0.138. The van der Waals surface area contributed by atoms with E-state index in [1.807, 2.05) is 0 Å². The van der Waals surface area contributed by atoms with Crippen molar-refractivity contribution in [3.05, 3.63) is 23.0 Å². The van der Waals surface area contributed by atoms with Crippen LogP contribution in [0, 0.1) is 6.92 Å². The number of hydrogen-bond acceptors (Lipinski definition) is 3. The molecule has 1 aliphatic heterocycles. The average molecular weight is 230 g/mol. The van der Waals surface area contributed by atoms with Crippen LogP contribution in [-0.2, 0) is 6.18 Å². The number of alkyl halides is 3. The third-order valence-electron chi connectivity index (χ3n) is 2.45. The molecule has 1 aromatic rings. The summed E-state index contributed by atoms with van der Waals surface area (Å²) in [5.74, 6) is -0.217. The van der Waals surface area contributed by atoms with Crippen LogP contribution in [0.3, 0.4) is 0 Å². The molecule has 1 N–H and O–H groups in total. The summed E-state index contributed by atoms with van der Waals surface area (Å²) in [7, 11) is 0. The summed E-state index contributed by atoms with van der Waals surface area (Å²) < 4.78 is 37.7. The molecule has 0 spiro atoms. The van der Waals surface area contributed by atoms with Crippen LogP contribution in [0.1, 0.15) is 28.2 Å². The van der Waals surface area contributed by atoms with Crippen molar-refractivity contribution in [2.75, 3.05) is 11.9 Å². The maximum atomic E-state index is 12.6. The van der Waals surface area contributed by atoms with Gasteiger partial charge in [0.15, 0.2) is 5.78 Å². The molecule has 0 atom stereocenters. The van der Waals surface area contributed by atoms with Gasteiger partial charge in [0.2, 0.25) is 0 Å². The highest BCUT2D eigenvalue weighted by atomic mass is 19.4. The summed E-state index contributed by atoms with van der Waals surface area (Å²) in [6.45, 7) is 1.61. The van der Waals surface area contributed by atoms with Gasteiger partial charge in [-0.1, -0.05) is 0 Å². The number of hydrogen-bond donors (Lipinski definition) is 1. The predicted molar refractivity (Wildman–Crippen MR) is 51.4 cm³/mol. The van der Waals surface area contributed by atoms with Gasteiger partial charge in [0.25, 0.3) is 0 Å². The first-order chi connectivity index (χ1) is 7.39. The molecule has 86 valence electrons. The lowest BCUT2D eigenvalue weighted by atomic mass is 10.0. The largest absolute Gasteiger partial charge is 0.418 e. The van der Waals surface area contributed by atoms with Crippen molar-refractivity contribution in [2.24, 2.45) is 0 Å². The summed E-state index contributed by atoms with van der Waals surface area (Å²) in [5, 5.41) is 2.75. The van der Waals surface area contributed by atoms with Crippen LogP contribution < -0.4 is 5.32 Å². The first-order valence-corrected chi connectivity index (χ1v) is 4.75. The Labute approximate surface area is 89.7 Å². The van der Waals surface area contributed by atoms with Crippen molar-refractivity contribution < 1.29 is 18.0 Å². The number of nitrogens with zero attached hydrogens (tertiary/aromatic N) is 1. The van der Waals surface area contributed by atoms with Crippen LogP contribution in [0.25, 0.3) is 0 Å². The average Bonchev–Trinajstić information content (AvgIpc) is 2.17. The number of rotatable bonds is 0. The summed E-state index contributed by atoms with van der Waals surface area (Å²) in [5.41, 5.74) is -0.678. The van der Waals surface area contributed by atoms with Gasteiger partial charge in [-0.3, -0.25) is 4.79 Å². The number of halogens is 3.